The highest BCUT2D eigenvalue weighted by atomic mass is 79.9. The Hall–Kier alpha value is -2.40. The molecule has 0 aliphatic carbocycles. The van der Waals surface area contributed by atoms with E-state index in [0.717, 1.165) is 6.07 Å². The van der Waals surface area contributed by atoms with Gasteiger partial charge in [-0.2, -0.15) is 0 Å². The second-order valence-corrected chi connectivity index (χ2v) is 6.20. The first-order chi connectivity index (χ1) is 13.0. The number of alkyl halides is 3. The van der Waals surface area contributed by atoms with E-state index in [1.165, 1.54) is 6.07 Å². The lowest BCUT2D eigenvalue weighted by Crippen LogP contribution is -2.17. The number of hydrogen-bond donors (Lipinski definition) is 1. The van der Waals surface area contributed by atoms with Gasteiger partial charge in [-0.15, -0.1) is 13.2 Å². The molecule has 152 valence electrons. The van der Waals surface area contributed by atoms with Crippen molar-refractivity contribution in [1.82, 2.24) is 0 Å². The zero-order chi connectivity index (χ0) is 21.6. The summed E-state index contributed by atoms with van der Waals surface area (Å²) < 4.78 is 55.7. The fourth-order valence-electron chi connectivity index (χ4n) is 2.57. The smallest absolute Gasteiger partial charge is 0.406 e. The molecule has 3 nitrogen and oxygen atoms in total. The second-order valence-electron chi connectivity index (χ2n) is 5.41. The lowest BCUT2D eigenvalue weighted by atomic mass is 9.97. The van der Waals surface area contributed by atoms with Gasteiger partial charge >= 0.3 is 6.36 Å². The van der Waals surface area contributed by atoms with Crippen LogP contribution in [0.25, 0.3) is 11.1 Å². The number of rotatable bonds is 3. The van der Waals surface area contributed by atoms with Crippen LogP contribution >= 0.6 is 15.9 Å². The fraction of sp³-hybridized carbons (Fsp3) is 0.300. The summed E-state index contributed by atoms with van der Waals surface area (Å²) >= 11 is 3.40. The van der Waals surface area contributed by atoms with Crippen molar-refractivity contribution in [2.24, 2.45) is 0 Å². The number of nitrogens with zero attached hydrogens (tertiary/aromatic N) is 1. The Morgan fingerprint density at radius 2 is 1.75 bits per heavy atom. The van der Waals surface area contributed by atoms with Gasteiger partial charge in [-0.1, -0.05) is 19.8 Å². The Bertz CT molecular complexity index is 902. The van der Waals surface area contributed by atoms with Crippen molar-refractivity contribution >= 4 is 27.3 Å². The second kappa shape index (κ2) is 9.69. The molecule has 2 aromatic carbocycles. The normalized spacial score (nSPS) is 10.4. The average Bonchev–Trinajstić information content (AvgIpc) is 2.59. The molecule has 0 atom stereocenters. The van der Waals surface area contributed by atoms with Gasteiger partial charge in [0.1, 0.15) is 11.6 Å². The number of nitrogen functional groups attached to an aromatic ring is 1. The number of nitrogens with two attached hydrogens (primary N) is 1. The molecule has 0 fully saturated rings. The molecule has 0 bridgehead atoms. The molecular weight excluding hydrogens is 440 g/mol. The van der Waals surface area contributed by atoms with E-state index >= 15 is 0 Å². The third kappa shape index (κ3) is 5.55. The Morgan fingerprint density at radius 3 is 2.25 bits per heavy atom. The van der Waals surface area contributed by atoms with Crippen LogP contribution < -0.4 is 15.4 Å². The standard InChI is InChI=1S/C18H15BrF4N2O.C2H6/c1-4-7-25(3)17-10(2)13(9-15(24)16(17)19)12-6-5-11(8-14(12)20)26-18(21,22)23;1-2/h5-6,8-9H,24H2,1-3H3;1-2H3. The average molecular weight is 461 g/mol. The highest BCUT2D eigenvalue weighted by molar-refractivity contribution is 9.10. The fourth-order valence-corrected chi connectivity index (χ4v) is 3.25. The summed E-state index contributed by atoms with van der Waals surface area (Å²) in [6.07, 6.45) is -4.89. The first-order valence-corrected chi connectivity index (χ1v) is 9.14. The number of anilines is 2. The van der Waals surface area contributed by atoms with Gasteiger partial charge in [0.05, 0.1) is 10.2 Å². The molecular formula is C20H21BrF4N2O. The Morgan fingerprint density at radius 1 is 1.14 bits per heavy atom. The van der Waals surface area contributed by atoms with E-state index in [1.807, 2.05) is 13.8 Å². The van der Waals surface area contributed by atoms with E-state index in [2.05, 4.69) is 32.6 Å². The molecule has 0 spiro atoms. The predicted molar refractivity (Wildman–Crippen MR) is 109 cm³/mol. The minimum atomic E-state index is -4.89. The monoisotopic (exact) mass is 460 g/mol. The van der Waals surface area contributed by atoms with Crippen molar-refractivity contribution < 1.29 is 22.3 Å². The zero-order valence-corrected chi connectivity index (χ0v) is 17.7. The largest absolute Gasteiger partial charge is 0.573 e. The molecule has 0 heterocycles. The third-order valence-corrected chi connectivity index (χ3v) is 4.43. The highest BCUT2D eigenvalue weighted by Gasteiger charge is 2.31. The summed E-state index contributed by atoms with van der Waals surface area (Å²) in [5.41, 5.74) is 8.22. The number of ether oxygens (including phenoxy) is 1. The Kier molecular flexibility index (Phi) is 8.18. The molecule has 8 heteroatoms. The van der Waals surface area contributed by atoms with Crippen molar-refractivity contribution in [2.75, 3.05) is 17.7 Å². The molecule has 0 saturated carbocycles. The van der Waals surface area contributed by atoms with Crippen LogP contribution in [0.4, 0.5) is 28.9 Å². The number of benzene rings is 2. The summed E-state index contributed by atoms with van der Waals surface area (Å²) in [6.45, 7) is 7.42. The Balaban J connectivity index is 0.00000190. The topological polar surface area (TPSA) is 38.5 Å². The third-order valence-electron chi connectivity index (χ3n) is 3.60. The summed E-state index contributed by atoms with van der Waals surface area (Å²) in [7, 11) is 1.73. The molecule has 0 aliphatic rings. The van der Waals surface area contributed by atoms with E-state index in [9.17, 15) is 17.6 Å². The maximum absolute atomic E-state index is 14.5. The quantitative estimate of drug-likeness (QED) is 0.246. The van der Waals surface area contributed by atoms with Crippen LogP contribution in [-0.4, -0.2) is 13.4 Å². The van der Waals surface area contributed by atoms with Gasteiger partial charge in [0.2, 0.25) is 0 Å². The van der Waals surface area contributed by atoms with Gasteiger partial charge in [0, 0.05) is 30.4 Å². The molecule has 2 aromatic rings. The van der Waals surface area contributed by atoms with Crippen LogP contribution in [0.1, 0.15) is 26.3 Å². The van der Waals surface area contributed by atoms with E-state index in [4.69, 9.17) is 5.73 Å². The SMILES string of the molecule is CC.CC#CN(C)c1c(C)c(-c2ccc(OC(F)(F)F)cc2F)cc(N)c1Br. The van der Waals surface area contributed by atoms with Gasteiger partial charge in [0.15, 0.2) is 0 Å². The maximum Gasteiger partial charge on any atom is 0.573 e. The van der Waals surface area contributed by atoms with Gasteiger partial charge in [-0.05, 0) is 59.1 Å². The van der Waals surface area contributed by atoms with Crippen molar-refractivity contribution in [1.29, 1.82) is 0 Å². The van der Waals surface area contributed by atoms with Gasteiger partial charge in [-0.25, -0.2) is 4.39 Å². The van der Waals surface area contributed by atoms with Crippen LogP contribution in [0.3, 0.4) is 0 Å². The molecule has 0 aromatic heterocycles. The molecule has 0 radical (unpaired) electrons. The van der Waals surface area contributed by atoms with Crippen molar-refractivity contribution in [3.63, 3.8) is 0 Å². The lowest BCUT2D eigenvalue weighted by Gasteiger charge is -2.21. The summed E-state index contributed by atoms with van der Waals surface area (Å²) in [4.78, 5) is 1.64. The number of halogens is 5. The van der Waals surface area contributed by atoms with Gasteiger partial charge in [-0.3, -0.25) is 0 Å². The molecule has 2 rings (SSSR count). The first kappa shape index (κ1) is 23.6. The van der Waals surface area contributed by atoms with E-state index in [1.54, 1.807) is 31.9 Å². The van der Waals surface area contributed by atoms with Crippen molar-refractivity contribution in [3.8, 4) is 28.8 Å². The van der Waals surface area contributed by atoms with Gasteiger partial charge < -0.3 is 15.4 Å². The van der Waals surface area contributed by atoms with Crippen LogP contribution in [-0.2, 0) is 0 Å². The first-order valence-electron chi connectivity index (χ1n) is 8.35. The minimum absolute atomic E-state index is 0.107. The summed E-state index contributed by atoms with van der Waals surface area (Å²) in [6, 6.07) is 7.38. The van der Waals surface area contributed by atoms with Crippen LogP contribution in [0.5, 0.6) is 5.75 Å². The predicted octanol–water partition coefficient (Wildman–Crippen LogP) is 6.49. The molecule has 0 amide bonds. The maximum atomic E-state index is 14.5. The molecule has 0 aliphatic heterocycles. The lowest BCUT2D eigenvalue weighted by molar-refractivity contribution is -0.274. The summed E-state index contributed by atoms with van der Waals surface area (Å²) in [5.74, 6) is 1.27. The summed E-state index contributed by atoms with van der Waals surface area (Å²) in [5, 5.41) is 0. The number of hydrogen-bond acceptors (Lipinski definition) is 3. The van der Waals surface area contributed by atoms with E-state index in [-0.39, 0.29) is 5.56 Å². The van der Waals surface area contributed by atoms with Crippen molar-refractivity contribution in [2.45, 2.75) is 34.1 Å². The zero-order valence-electron chi connectivity index (χ0n) is 16.1. The Labute approximate surface area is 170 Å². The molecule has 0 unspecified atom stereocenters. The van der Waals surface area contributed by atoms with Crippen LogP contribution in [0, 0.1) is 24.7 Å². The highest BCUT2D eigenvalue weighted by Crippen LogP contribution is 2.41. The van der Waals surface area contributed by atoms with Crippen LogP contribution in [0.2, 0.25) is 0 Å². The molecule has 2 N–H and O–H groups in total. The molecule has 28 heavy (non-hydrogen) atoms. The van der Waals surface area contributed by atoms with Crippen LogP contribution in [0.15, 0.2) is 28.7 Å². The van der Waals surface area contributed by atoms with Crippen molar-refractivity contribution in [3.05, 3.63) is 40.1 Å². The van der Waals surface area contributed by atoms with E-state index in [0.29, 0.717) is 33.0 Å². The minimum Gasteiger partial charge on any atom is -0.406 e. The van der Waals surface area contributed by atoms with Gasteiger partial charge in [0.25, 0.3) is 0 Å². The molecule has 0 saturated heterocycles. The van der Waals surface area contributed by atoms with E-state index < -0.39 is 17.9 Å².